The van der Waals surface area contributed by atoms with Gasteiger partial charge in [0.15, 0.2) is 0 Å². The van der Waals surface area contributed by atoms with Crippen LogP contribution in [0.1, 0.15) is 43.4 Å². The average molecular weight is 322 g/mol. The molecule has 1 aromatic carbocycles. The molecule has 0 saturated carbocycles. The van der Waals surface area contributed by atoms with Crippen LogP contribution in [0.3, 0.4) is 0 Å². The van der Waals surface area contributed by atoms with Gasteiger partial charge < -0.3 is 4.52 Å². The van der Waals surface area contributed by atoms with E-state index in [0.717, 1.165) is 11.1 Å². The summed E-state index contributed by atoms with van der Waals surface area (Å²) in [4.78, 5) is 0.257. The Balaban J connectivity index is 2.17. The zero-order valence-electron chi connectivity index (χ0n) is 13.6. The Hall–Kier alpha value is -1.66. The van der Waals surface area contributed by atoms with Crippen molar-refractivity contribution in [3.8, 4) is 0 Å². The van der Waals surface area contributed by atoms with Crippen molar-refractivity contribution in [3.63, 3.8) is 0 Å². The molecule has 0 saturated heterocycles. The molecule has 5 nitrogen and oxygen atoms in total. The largest absolute Gasteiger partial charge is 0.361 e. The van der Waals surface area contributed by atoms with Crippen molar-refractivity contribution in [1.82, 2.24) is 9.88 Å². The van der Waals surface area contributed by atoms with Crippen LogP contribution in [0.25, 0.3) is 0 Å². The van der Waals surface area contributed by atoms with E-state index in [1.165, 1.54) is 0 Å². The first-order valence-corrected chi connectivity index (χ1v) is 8.61. The third-order valence-electron chi connectivity index (χ3n) is 3.65. The standard InChI is InChI=1S/C16H22N2O3S/c1-11-15(12(2)21-18-11)10-17-22(19,20)14-8-6-13(7-9-14)16(3,4)5/h6-9,17H,10H2,1-5H3. The molecule has 2 rings (SSSR count). The highest BCUT2D eigenvalue weighted by Gasteiger charge is 2.19. The van der Waals surface area contributed by atoms with E-state index in [-0.39, 0.29) is 16.9 Å². The smallest absolute Gasteiger partial charge is 0.240 e. The number of rotatable bonds is 4. The third-order valence-corrected chi connectivity index (χ3v) is 5.07. The summed E-state index contributed by atoms with van der Waals surface area (Å²) in [5, 5.41) is 3.82. The van der Waals surface area contributed by atoms with E-state index in [1.54, 1.807) is 26.0 Å². The number of benzene rings is 1. The number of hydrogen-bond donors (Lipinski definition) is 1. The van der Waals surface area contributed by atoms with E-state index in [4.69, 9.17) is 4.52 Å². The first-order valence-electron chi connectivity index (χ1n) is 7.13. The third kappa shape index (κ3) is 3.56. The highest BCUT2D eigenvalue weighted by molar-refractivity contribution is 7.89. The van der Waals surface area contributed by atoms with Crippen LogP contribution < -0.4 is 4.72 Å². The molecule has 0 radical (unpaired) electrons. The van der Waals surface area contributed by atoms with Gasteiger partial charge >= 0.3 is 0 Å². The summed E-state index contributed by atoms with van der Waals surface area (Å²) in [6.45, 7) is 10.00. The fourth-order valence-electron chi connectivity index (χ4n) is 2.14. The van der Waals surface area contributed by atoms with Crippen molar-refractivity contribution >= 4 is 10.0 Å². The Morgan fingerprint density at radius 2 is 1.73 bits per heavy atom. The van der Waals surface area contributed by atoms with Crippen molar-refractivity contribution in [2.75, 3.05) is 0 Å². The molecule has 0 amide bonds. The van der Waals surface area contributed by atoms with E-state index >= 15 is 0 Å². The zero-order valence-corrected chi connectivity index (χ0v) is 14.4. The molecule has 0 atom stereocenters. The number of nitrogens with zero attached hydrogens (tertiary/aromatic N) is 1. The molecule has 0 bridgehead atoms. The predicted octanol–water partition coefficient (Wildman–Crippen LogP) is 3.07. The van der Waals surface area contributed by atoms with Crippen LogP contribution in [0.5, 0.6) is 0 Å². The minimum atomic E-state index is -3.55. The minimum absolute atomic E-state index is 0.00753. The first kappa shape index (κ1) is 16.7. The fourth-order valence-corrected chi connectivity index (χ4v) is 3.13. The molecule has 0 spiro atoms. The molecule has 120 valence electrons. The maximum atomic E-state index is 12.3. The van der Waals surface area contributed by atoms with Gasteiger partial charge in [0.05, 0.1) is 10.6 Å². The zero-order chi connectivity index (χ0) is 16.5. The number of nitrogens with one attached hydrogen (secondary N) is 1. The lowest BCUT2D eigenvalue weighted by Gasteiger charge is -2.19. The van der Waals surface area contributed by atoms with Crippen LogP contribution in [0, 0.1) is 13.8 Å². The molecule has 0 aliphatic carbocycles. The molecule has 1 heterocycles. The quantitative estimate of drug-likeness (QED) is 0.939. The molecule has 0 aliphatic rings. The molecular weight excluding hydrogens is 300 g/mol. The molecule has 1 aromatic heterocycles. The topological polar surface area (TPSA) is 72.2 Å². The van der Waals surface area contributed by atoms with Gasteiger partial charge in [-0.1, -0.05) is 38.1 Å². The minimum Gasteiger partial charge on any atom is -0.361 e. The number of aromatic nitrogens is 1. The van der Waals surface area contributed by atoms with Crippen LogP contribution in [0.2, 0.25) is 0 Å². The van der Waals surface area contributed by atoms with Crippen molar-refractivity contribution in [1.29, 1.82) is 0 Å². The van der Waals surface area contributed by atoms with E-state index in [9.17, 15) is 8.42 Å². The second-order valence-electron chi connectivity index (χ2n) is 6.40. The molecular formula is C16H22N2O3S. The van der Waals surface area contributed by atoms with Crippen molar-refractivity contribution in [3.05, 3.63) is 46.8 Å². The Morgan fingerprint density at radius 3 is 2.18 bits per heavy atom. The molecule has 1 N–H and O–H groups in total. The van der Waals surface area contributed by atoms with Gasteiger partial charge in [0, 0.05) is 12.1 Å². The monoisotopic (exact) mass is 322 g/mol. The maximum absolute atomic E-state index is 12.3. The lowest BCUT2D eigenvalue weighted by molar-refractivity contribution is 0.392. The Labute approximate surface area is 131 Å². The van der Waals surface area contributed by atoms with E-state index in [2.05, 4.69) is 30.6 Å². The van der Waals surface area contributed by atoms with Gasteiger partial charge in [0.1, 0.15) is 5.76 Å². The molecule has 0 fully saturated rings. The number of sulfonamides is 1. The molecule has 0 aliphatic heterocycles. The SMILES string of the molecule is Cc1noc(C)c1CNS(=O)(=O)c1ccc(C(C)(C)C)cc1. The Kier molecular flexibility index (Phi) is 4.44. The summed E-state index contributed by atoms with van der Waals surface area (Å²) in [7, 11) is -3.55. The number of aryl methyl sites for hydroxylation is 2. The molecule has 2 aromatic rings. The maximum Gasteiger partial charge on any atom is 0.240 e. The van der Waals surface area contributed by atoms with Crippen molar-refractivity contribution in [2.45, 2.75) is 51.5 Å². The van der Waals surface area contributed by atoms with Gasteiger partial charge in [-0.3, -0.25) is 0 Å². The van der Waals surface area contributed by atoms with Crippen LogP contribution in [0.15, 0.2) is 33.7 Å². The van der Waals surface area contributed by atoms with E-state index in [1.807, 2.05) is 12.1 Å². The lowest BCUT2D eigenvalue weighted by atomic mass is 9.87. The lowest BCUT2D eigenvalue weighted by Crippen LogP contribution is -2.24. The highest BCUT2D eigenvalue weighted by Crippen LogP contribution is 2.23. The van der Waals surface area contributed by atoms with Crippen molar-refractivity contribution in [2.24, 2.45) is 0 Å². The first-order chi connectivity index (χ1) is 10.1. The van der Waals surface area contributed by atoms with Gasteiger partial charge in [-0.15, -0.1) is 0 Å². The fraction of sp³-hybridized carbons (Fsp3) is 0.438. The second kappa shape index (κ2) is 5.85. The van der Waals surface area contributed by atoms with Crippen LogP contribution in [-0.4, -0.2) is 13.6 Å². The Morgan fingerprint density at radius 1 is 1.14 bits per heavy atom. The Bertz CT molecular complexity index is 734. The average Bonchev–Trinajstić information content (AvgIpc) is 2.75. The van der Waals surface area contributed by atoms with Gasteiger partial charge in [0.2, 0.25) is 10.0 Å². The van der Waals surface area contributed by atoms with Gasteiger partial charge in [-0.05, 0) is 37.0 Å². The summed E-state index contributed by atoms with van der Waals surface area (Å²) in [6, 6.07) is 6.97. The van der Waals surface area contributed by atoms with E-state index in [0.29, 0.717) is 11.5 Å². The molecule has 0 unspecified atom stereocenters. The summed E-state index contributed by atoms with van der Waals surface area (Å²) in [6.07, 6.45) is 0. The van der Waals surface area contributed by atoms with Crippen LogP contribution >= 0.6 is 0 Å². The second-order valence-corrected chi connectivity index (χ2v) is 8.17. The summed E-state index contributed by atoms with van der Waals surface area (Å²) >= 11 is 0. The summed E-state index contributed by atoms with van der Waals surface area (Å²) in [5.74, 6) is 0.628. The summed E-state index contributed by atoms with van der Waals surface area (Å²) < 4.78 is 32.3. The van der Waals surface area contributed by atoms with Crippen molar-refractivity contribution < 1.29 is 12.9 Å². The normalized spacial score (nSPS) is 12.6. The molecule has 22 heavy (non-hydrogen) atoms. The molecule has 6 heteroatoms. The van der Waals surface area contributed by atoms with E-state index < -0.39 is 10.0 Å². The van der Waals surface area contributed by atoms with Gasteiger partial charge in [0.25, 0.3) is 0 Å². The van der Waals surface area contributed by atoms with Gasteiger partial charge in [-0.2, -0.15) is 0 Å². The van der Waals surface area contributed by atoms with Crippen LogP contribution in [-0.2, 0) is 22.0 Å². The summed E-state index contributed by atoms with van der Waals surface area (Å²) in [5.41, 5.74) is 2.56. The van der Waals surface area contributed by atoms with Gasteiger partial charge in [-0.25, -0.2) is 13.1 Å². The highest BCUT2D eigenvalue weighted by atomic mass is 32.2. The number of hydrogen-bond acceptors (Lipinski definition) is 4. The van der Waals surface area contributed by atoms with Crippen LogP contribution in [0.4, 0.5) is 0 Å². The predicted molar refractivity (Wildman–Crippen MR) is 85.1 cm³/mol.